The van der Waals surface area contributed by atoms with Crippen LogP contribution in [0.4, 0.5) is 13.2 Å². The van der Waals surface area contributed by atoms with E-state index in [1.54, 1.807) is 20.2 Å². The Kier molecular flexibility index (Phi) is 8.25. The van der Waals surface area contributed by atoms with E-state index in [2.05, 4.69) is 25.7 Å². The summed E-state index contributed by atoms with van der Waals surface area (Å²) >= 11 is 0. The molecule has 0 saturated heterocycles. The van der Waals surface area contributed by atoms with Gasteiger partial charge in [-0.15, -0.1) is 24.0 Å². The second-order valence-corrected chi connectivity index (χ2v) is 6.56. The molecule has 1 aromatic heterocycles. The van der Waals surface area contributed by atoms with E-state index < -0.39 is 11.7 Å². The van der Waals surface area contributed by atoms with Crippen molar-refractivity contribution in [3.05, 3.63) is 47.0 Å². The van der Waals surface area contributed by atoms with E-state index in [1.807, 2.05) is 4.68 Å². The molecule has 7 nitrogen and oxygen atoms in total. The molecule has 160 valence electrons. The lowest BCUT2D eigenvalue weighted by Crippen LogP contribution is -2.46. The van der Waals surface area contributed by atoms with Gasteiger partial charge in [-0.25, -0.2) is 9.67 Å². The van der Waals surface area contributed by atoms with Crippen LogP contribution in [0, 0.1) is 0 Å². The molecule has 11 heteroatoms. The maximum absolute atomic E-state index is 12.8. The Morgan fingerprint density at radius 1 is 1.38 bits per heavy atom. The zero-order chi connectivity index (χ0) is 20.1. The molecule has 2 N–H and O–H groups in total. The van der Waals surface area contributed by atoms with Gasteiger partial charge < -0.3 is 15.4 Å². The van der Waals surface area contributed by atoms with Gasteiger partial charge in [0.1, 0.15) is 12.4 Å². The van der Waals surface area contributed by atoms with Crippen molar-refractivity contribution in [1.82, 2.24) is 25.4 Å². The maximum atomic E-state index is 12.8. The summed E-state index contributed by atoms with van der Waals surface area (Å²) in [4.78, 5) is 8.61. The molecule has 0 aliphatic carbocycles. The molecule has 0 amide bonds. The number of alkyl halides is 3. The number of benzene rings is 1. The summed E-state index contributed by atoms with van der Waals surface area (Å²) in [6.07, 6.45) is -2.72. The summed E-state index contributed by atoms with van der Waals surface area (Å²) < 4.78 is 45.4. The molecule has 1 unspecified atom stereocenters. The Labute approximate surface area is 184 Å². The van der Waals surface area contributed by atoms with Gasteiger partial charge >= 0.3 is 6.18 Å². The number of hydrogen-bond acceptors (Lipinski definition) is 4. The van der Waals surface area contributed by atoms with Crippen LogP contribution in [0.5, 0.6) is 0 Å². The van der Waals surface area contributed by atoms with Gasteiger partial charge in [-0.1, -0.05) is 12.1 Å². The minimum absolute atomic E-state index is 0. The van der Waals surface area contributed by atoms with Crippen molar-refractivity contribution in [2.75, 3.05) is 14.2 Å². The quantitative estimate of drug-likeness (QED) is 0.358. The number of rotatable bonds is 5. The number of hydrogen-bond donors (Lipinski definition) is 2. The van der Waals surface area contributed by atoms with E-state index in [-0.39, 0.29) is 36.6 Å². The zero-order valence-electron chi connectivity index (χ0n) is 16.2. The molecule has 2 heterocycles. The van der Waals surface area contributed by atoms with Crippen LogP contribution in [0.3, 0.4) is 0 Å². The monoisotopic (exact) mass is 524 g/mol. The molecule has 0 saturated carbocycles. The van der Waals surface area contributed by atoms with Crippen molar-refractivity contribution in [3.8, 4) is 0 Å². The van der Waals surface area contributed by atoms with E-state index in [1.165, 1.54) is 6.07 Å². The van der Waals surface area contributed by atoms with Crippen molar-refractivity contribution in [1.29, 1.82) is 0 Å². The summed E-state index contributed by atoms with van der Waals surface area (Å²) in [5.74, 6) is 2.12. The molecule has 0 bridgehead atoms. The molecule has 0 fully saturated rings. The number of methoxy groups -OCH3 is 1. The molecule has 2 aromatic rings. The fraction of sp³-hybridized carbons (Fsp3) is 0.500. The molecule has 3 rings (SSSR count). The van der Waals surface area contributed by atoms with Gasteiger partial charge in [-0.3, -0.25) is 4.99 Å². The first-order valence-electron chi connectivity index (χ1n) is 8.94. The highest BCUT2D eigenvalue weighted by atomic mass is 127. The molecule has 29 heavy (non-hydrogen) atoms. The summed E-state index contributed by atoms with van der Waals surface area (Å²) in [5, 5.41) is 10.8. The SMILES string of the molecule is CN=C(NCc1cccc(C(F)(F)F)c1)NC1CCc2nc(COC)nn2C1.I. The van der Waals surface area contributed by atoms with Crippen LogP contribution in [0.15, 0.2) is 29.3 Å². The maximum Gasteiger partial charge on any atom is 0.416 e. The van der Waals surface area contributed by atoms with E-state index in [0.717, 1.165) is 30.8 Å². The first kappa shape index (κ1) is 23.4. The van der Waals surface area contributed by atoms with Crippen LogP contribution >= 0.6 is 24.0 Å². The van der Waals surface area contributed by atoms with Crippen molar-refractivity contribution in [2.24, 2.45) is 4.99 Å². The number of aryl methyl sites for hydroxylation is 1. The average molecular weight is 524 g/mol. The van der Waals surface area contributed by atoms with Crippen LogP contribution in [0.2, 0.25) is 0 Å². The van der Waals surface area contributed by atoms with E-state index in [0.29, 0.717) is 30.5 Å². The summed E-state index contributed by atoms with van der Waals surface area (Å²) in [7, 11) is 3.23. The van der Waals surface area contributed by atoms with Crippen molar-refractivity contribution in [3.63, 3.8) is 0 Å². The molecule has 0 radical (unpaired) electrons. The summed E-state index contributed by atoms with van der Waals surface area (Å²) in [6.45, 7) is 1.25. The lowest BCUT2D eigenvalue weighted by atomic mass is 10.1. The number of fused-ring (bicyclic) bond motifs is 1. The number of guanidine groups is 1. The van der Waals surface area contributed by atoms with Crippen LogP contribution in [0.1, 0.15) is 29.2 Å². The van der Waals surface area contributed by atoms with Gasteiger partial charge in [-0.05, 0) is 24.1 Å². The number of ether oxygens (including phenoxy) is 1. The third-order valence-electron chi connectivity index (χ3n) is 4.45. The summed E-state index contributed by atoms with van der Waals surface area (Å²) in [6, 6.07) is 5.35. The van der Waals surface area contributed by atoms with E-state index >= 15 is 0 Å². The fourth-order valence-electron chi connectivity index (χ4n) is 3.10. The van der Waals surface area contributed by atoms with Crippen molar-refractivity contribution >= 4 is 29.9 Å². The highest BCUT2D eigenvalue weighted by Crippen LogP contribution is 2.29. The highest BCUT2D eigenvalue weighted by Gasteiger charge is 2.30. The predicted octanol–water partition coefficient (Wildman–Crippen LogP) is 2.74. The lowest BCUT2D eigenvalue weighted by molar-refractivity contribution is -0.137. The molecular weight excluding hydrogens is 500 g/mol. The fourth-order valence-corrected chi connectivity index (χ4v) is 3.10. The standard InChI is InChI=1S/C18H23F3N6O.HI/c1-22-17(23-9-12-4-3-5-13(8-12)18(19,20)21)24-14-6-7-16-25-15(11-28-2)26-27(16)10-14;/h3-5,8,14H,6-7,9-11H2,1-2H3,(H2,22,23,24);1H. The normalized spacial score (nSPS) is 16.7. The van der Waals surface area contributed by atoms with Crippen molar-refractivity contribution < 1.29 is 17.9 Å². The van der Waals surface area contributed by atoms with Crippen LogP contribution in [0.25, 0.3) is 0 Å². The zero-order valence-corrected chi connectivity index (χ0v) is 18.5. The second kappa shape index (κ2) is 10.2. The number of halogens is 4. The topological polar surface area (TPSA) is 76.4 Å². The smallest absolute Gasteiger partial charge is 0.377 e. The minimum Gasteiger partial charge on any atom is -0.377 e. The average Bonchev–Trinajstić information content (AvgIpc) is 3.06. The van der Waals surface area contributed by atoms with Crippen molar-refractivity contribution in [2.45, 2.75) is 44.8 Å². The Hall–Kier alpha value is -1.89. The van der Waals surface area contributed by atoms with Gasteiger partial charge in [0, 0.05) is 33.2 Å². The lowest BCUT2D eigenvalue weighted by Gasteiger charge is -2.25. The molecule has 1 atom stereocenters. The van der Waals surface area contributed by atoms with E-state index in [4.69, 9.17) is 4.74 Å². The molecule has 1 aromatic carbocycles. The van der Waals surface area contributed by atoms with Crippen LogP contribution in [-0.2, 0) is 37.0 Å². The first-order valence-corrected chi connectivity index (χ1v) is 8.94. The highest BCUT2D eigenvalue weighted by molar-refractivity contribution is 14.0. The number of aromatic nitrogens is 3. The van der Waals surface area contributed by atoms with Gasteiger partial charge in [-0.2, -0.15) is 18.3 Å². The largest absolute Gasteiger partial charge is 0.416 e. The first-order chi connectivity index (χ1) is 13.4. The van der Waals surface area contributed by atoms with E-state index in [9.17, 15) is 13.2 Å². The number of nitrogens with one attached hydrogen (secondary N) is 2. The third kappa shape index (κ3) is 6.29. The molecule has 0 spiro atoms. The third-order valence-corrected chi connectivity index (χ3v) is 4.45. The Bertz CT molecular complexity index is 839. The van der Waals surface area contributed by atoms with Gasteiger partial charge in [0.25, 0.3) is 0 Å². The number of aliphatic imine (C=N–C) groups is 1. The molecule has 1 aliphatic heterocycles. The van der Waals surface area contributed by atoms with Gasteiger partial charge in [0.15, 0.2) is 11.8 Å². The molecule has 1 aliphatic rings. The predicted molar refractivity (Wildman–Crippen MR) is 113 cm³/mol. The second-order valence-electron chi connectivity index (χ2n) is 6.56. The van der Waals surface area contributed by atoms with Gasteiger partial charge in [0.2, 0.25) is 0 Å². The minimum atomic E-state index is -4.35. The Morgan fingerprint density at radius 2 is 2.17 bits per heavy atom. The van der Waals surface area contributed by atoms with Crippen LogP contribution < -0.4 is 10.6 Å². The van der Waals surface area contributed by atoms with Gasteiger partial charge in [0.05, 0.1) is 12.1 Å². The van der Waals surface area contributed by atoms with Crippen LogP contribution in [-0.4, -0.2) is 40.9 Å². The molecular formula is C18H24F3IN6O. The summed E-state index contributed by atoms with van der Waals surface area (Å²) in [5.41, 5.74) is -0.128. The Balaban J connectivity index is 0.00000300. The Morgan fingerprint density at radius 3 is 2.86 bits per heavy atom. The number of nitrogens with zero attached hydrogens (tertiary/aromatic N) is 4.